The summed E-state index contributed by atoms with van der Waals surface area (Å²) in [5, 5.41) is 0. The van der Waals surface area contributed by atoms with Gasteiger partial charge in [-0.15, -0.1) is 0 Å². The second kappa shape index (κ2) is 2.40. The first-order chi connectivity index (χ1) is 8.50. The van der Waals surface area contributed by atoms with Gasteiger partial charge in [0.1, 0.15) is 0 Å². The maximum Gasteiger partial charge on any atom is 0.334 e. The molecule has 4 fully saturated rings. The van der Waals surface area contributed by atoms with Gasteiger partial charge in [0.15, 0.2) is 0 Å². The predicted molar refractivity (Wildman–Crippen MR) is 35.1 cm³/mol. The van der Waals surface area contributed by atoms with E-state index in [2.05, 4.69) is 0 Å². The first-order valence-electron chi connectivity index (χ1n) is 4.77. The van der Waals surface area contributed by atoms with Gasteiger partial charge in [-0.25, -0.2) is 17.6 Å². The summed E-state index contributed by atoms with van der Waals surface area (Å²) in [6.07, 6.45) is 0. The van der Waals surface area contributed by atoms with E-state index in [4.69, 9.17) is 0 Å². The molecule has 0 amide bonds. The average molecular weight is 324 g/mol. The topological polar surface area (TPSA) is 0 Å². The van der Waals surface area contributed by atoms with Gasteiger partial charge >= 0.3 is 23.7 Å². The zero-order chi connectivity index (χ0) is 16.0. The third-order valence-corrected chi connectivity index (χ3v) is 4.41. The van der Waals surface area contributed by atoms with Crippen molar-refractivity contribution in [1.29, 1.82) is 0 Å². The molecule has 0 aromatic heterocycles. The van der Waals surface area contributed by atoms with Crippen LogP contribution >= 0.6 is 0 Å². The molecule has 4 saturated carbocycles. The van der Waals surface area contributed by atoms with Crippen molar-refractivity contribution in [3.63, 3.8) is 0 Å². The van der Waals surface area contributed by atoms with Gasteiger partial charge in [-0.1, -0.05) is 0 Å². The molecule has 0 nitrogen and oxygen atoms in total. The van der Waals surface area contributed by atoms with Crippen LogP contribution in [-0.2, 0) is 0 Å². The molecule has 4 aliphatic rings. The number of hydrogen-bond donors (Lipinski definition) is 0. The van der Waals surface area contributed by atoms with Crippen LogP contribution in [0.4, 0.5) is 52.7 Å². The molecule has 0 spiro atoms. The summed E-state index contributed by atoms with van der Waals surface area (Å²) in [7, 11) is 0. The minimum atomic E-state index is -6.72. The van der Waals surface area contributed by atoms with E-state index in [0.717, 1.165) is 0 Å². The molecule has 20 heavy (non-hydrogen) atoms. The van der Waals surface area contributed by atoms with E-state index in [1.807, 2.05) is 0 Å². The average Bonchev–Trinajstić information content (AvgIpc) is 2.49. The molecule has 0 saturated heterocycles. The van der Waals surface area contributed by atoms with Crippen LogP contribution < -0.4 is 0 Å². The van der Waals surface area contributed by atoms with E-state index >= 15 is 0 Å². The molecule has 0 unspecified atom stereocenters. The van der Waals surface area contributed by atoms with E-state index in [-0.39, 0.29) is 0 Å². The molecule has 0 aliphatic heterocycles. The third-order valence-electron chi connectivity index (χ3n) is 4.41. The van der Waals surface area contributed by atoms with E-state index in [0.29, 0.717) is 0 Å². The summed E-state index contributed by atoms with van der Waals surface area (Å²) in [5.74, 6) is -26.8. The summed E-state index contributed by atoms with van der Waals surface area (Å²) in [5.41, 5.74) is -26.9. The van der Waals surface area contributed by atoms with Gasteiger partial charge in [-0.2, -0.15) is 35.1 Å². The maximum absolute atomic E-state index is 13.6. The van der Waals surface area contributed by atoms with Crippen LogP contribution in [0.2, 0.25) is 0 Å². The van der Waals surface area contributed by atoms with E-state index in [1.54, 1.807) is 0 Å². The fraction of sp³-hybridized carbons (Fsp3) is 1.00. The summed E-state index contributed by atoms with van der Waals surface area (Å²) in [6, 6.07) is 0. The molecule has 0 heterocycles. The van der Waals surface area contributed by atoms with Crippen LogP contribution in [0.3, 0.4) is 0 Å². The smallest absolute Gasteiger partial charge is 0.226 e. The van der Waals surface area contributed by atoms with Gasteiger partial charge in [-0.3, -0.25) is 0 Å². The standard InChI is InChI=1S/C8F12/c9-1-2(10)7(17,18)3(11,5(1,13)14)4(12,6(1,15)16)8(2,19)20. The Morgan fingerprint density at radius 2 is 0.350 bits per heavy atom. The van der Waals surface area contributed by atoms with Crippen LogP contribution in [0.15, 0.2) is 0 Å². The highest BCUT2D eigenvalue weighted by Crippen LogP contribution is 2.93. The van der Waals surface area contributed by atoms with Crippen LogP contribution in [-0.4, -0.2) is 46.4 Å². The first kappa shape index (κ1) is 14.1. The Balaban J connectivity index is 2.60. The van der Waals surface area contributed by atoms with Crippen molar-refractivity contribution in [1.82, 2.24) is 0 Å². The highest BCUT2D eigenvalue weighted by Gasteiger charge is 3.28. The monoisotopic (exact) mass is 324 g/mol. The Morgan fingerprint density at radius 3 is 0.450 bits per heavy atom. The number of alkyl halides is 12. The summed E-state index contributed by atoms with van der Waals surface area (Å²) >= 11 is 0. The lowest BCUT2D eigenvalue weighted by atomic mass is 9.87. The van der Waals surface area contributed by atoms with Crippen molar-refractivity contribution in [2.24, 2.45) is 0 Å². The number of hydrogen-bond acceptors (Lipinski definition) is 0. The van der Waals surface area contributed by atoms with E-state index < -0.39 is 46.4 Å². The van der Waals surface area contributed by atoms with Crippen molar-refractivity contribution in [3.05, 3.63) is 0 Å². The van der Waals surface area contributed by atoms with Gasteiger partial charge in [0.05, 0.1) is 0 Å². The lowest BCUT2D eigenvalue weighted by Gasteiger charge is -2.34. The van der Waals surface area contributed by atoms with Crippen LogP contribution in [0.5, 0.6) is 0 Å². The lowest BCUT2D eigenvalue weighted by Crippen LogP contribution is -2.65. The molecule has 4 aliphatic carbocycles. The summed E-state index contributed by atoms with van der Waals surface area (Å²) < 4.78 is 160. The van der Waals surface area contributed by atoms with Crippen molar-refractivity contribution >= 4 is 0 Å². The van der Waals surface area contributed by atoms with Crippen molar-refractivity contribution in [3.8, 4) is 0 Å². The minimum Gasteiger partial charge on any atom is -0.226 e. The molecule has 4 rings (SSSR count). The molecular formula is C8F12. The van der Waals surface area contributed by atoms with Gasteiger partial charge < -0.3 is 0 Å². The van der Waals surface area contributed by atoms with E-state index in [1.165, 1.54) is 0 Å². The second-order valence-electron chi connectivity index (χ2n) is 4.93. The number of halogens is 12. The van der Waals surface area contributed by atoms with Crippen molar-refractivity contribution < 1.29 is 52.7 Å². The maximum atomic E-state index is 13.6. The fourth-order valence-electron chi connectivity index (χ4n) is 3.47. The fourth-order valence-corrected chi connectivity index (χ4v) is 3.47. The lowest BCUT2D eigenvalue weighted by molar-refractivity contribution is -0.273. The third kappa shape index (κ3) is 0.564. The van der Waals surface area contributed by atoms with Gasteiger partial charge in [0.25, 0.3) is 22.7 Å². The van der Waals surface area contributed by atoms with Gasteiger partial charge in [0.2, 0.25) is 0 Å². The Labute approximate surface area is 100 Å². The molecule has 0 aromatic rings. The molecule has 0 atom stereocenters. The molecule has 0 N–H and O–H groups in total. The molecule has 0 aromatic carbocycles. The normalized spacial score (nSPS) is 59.4. The van der Waals surface area contributed by atoms with Crippen LogP contribution in [0.25, 0.3) is 0 Å². The zero-order valence-corrected chi connectivity index (χ0v) is 8.54. The van der Waals surface area contributed by atoms with Crippen molar-refractivity contribution in [2.45, 2.75) is 46.4 Å². The van der Waals surface area contributed by atoms with Crippen LogP contribution in [0, 0.1) is 0 Å². The second-order valence-corrected chi connectivity index (χ2v) is 4.93. The summed E-state index contributed by atoms with van der Waals surface area (Å²) in [6.45, 7) is 0. The van der Waals surface area contributed by atoms with Crippen LogP contribution in [0.1, 0.15) is 0 Å². The van der Waals surface area contributed by atoms with Gasteiger partial charge in [0, 0.05) is 0 Å². The SMILES string of the molecule is FC1(F)C2(F)C(F)(F)C3(F)C(F)(F)C2(F)C(F)(F)C13F. The Kier molecular flexibility index (Phi) is 1.70. The van der Waals surface area contributed by atoms with Crippen molar-refractivity contribution in [2.75, 3.05) is 0 Å². The first-order valence-corrected chi connectivity index (χ1v) is 4.77. The highest BCUT2D eigenvalue weighted by atomic mass is 19.3. The molecule has 12 heteroatoms. The summed E-state index contributed by atoms with van der Waals surface area (Å²) in [4.78, 5) is 0. The Hall–Kier alpha value is -0.840. The quantitative estimate of drug-likeness (QED) is 0.599. The van der Waals surface area contributed by atoms with E-state index in [9.17, 15) is 52.7 Å². The molecule has 116 valence electrons. The predicted octanol–water partition coefficient (Wildman–Crippen LogP) is 3.40. The molecular weight excluding hydrogens is 324 g/mol. The minimum absolute atomic E-state index is 6.70. The molecule has 4 bridgehead atoms. The number of rotatable bonds is 0. The Morgan fingerprint density at radius 1 is 0.250 bits per heavy atom. The van der Waals surface area contributed by atoms with Gasteiger partial charge in [-0.05, 0) is 0 Å². The Bertz CT molecular complexity index is 412. The highest BCUT2D eigenvalue weighted by molar-refractivity contribution is 5.61. The largest absolute Gasteiger partial charge is 0.334 e. The molecule has 0 radical (unpaired) electrons. The zero-order valence-electron chi connectivity index (χ0n) is 8.54.